The fourth-order valence-corrected chi connectivity index (χ4v) is 2.94. The molecule has 17 heavy (non-hydrogen) atoms. The Morgan fingerprint density at radius 2 is 1.76 bits per heavy atom. The second-order valence-electron chi connectivity index (χ2n) is 4.71. The summed E-state index contributed by atoms with van der Waals surface area (Å²) >= 11 is 3.23. The van der Waals surface area contributed by atoms with E-state index in [0.29, 0.717) is 10.0 Å². The second-order valence-corrected chi connectivity index (χ2v) is 5.63. The second kappa shape index (κ2) is 5.76. The highest BCUT2D eigenvalue weighted by Crippen LogP contribution is 2.27. The molecule has 1 nitrogen and oxygen atoms in total. The van der Waals surface area contributed by atoms with Crippen molar-refractivity contribution in [3.05, 3.63) is 34.1 Å². The average molecular weight is 299 g/mol. The van der Waals surface area contributed by atoms with Gasteiger partial charge in [0.05, 0.1) is 0 Å². The summed E-state index contributed by atoms with van der Waals surface area (Å²) in [5, 5.41) is 0. The van der Waals surface area contributed by atoms with Gasteiger partial charge in [-0.3, -0.25) is 4.79 Å². The molecule has 0 radical (unpaired) electrons. The molecule has 0 N–H and O–H groups in total. The Morgan fingerprint density at radius 3 is 2.35 bits per heavy atom. The zero-order valence-electron chi connectivity index (χ0n) is 9.72. The van der Waals surface area contributed by atoms with Crippen molar-refractivity contribution in [1.29, 1.82) is 0 Å². The molecular formula is C14H16BrFO. The average Bonchev–Trinajstić information content (AvgIpc) is 2.55. The van der Waals surface area contributed by atoms with Gasteiger partial charge in [-0.2, -0.15) is 0 Å². The zero-order valence-corrected chi connectivity index (χ0v) is 11.3. The highest BCUT2D eigenvalue weighted by Gasteiger charge is 2.21. The summed E-state index contributed by atoms with van der Waals surface area (Å²) in [5.41, 5.74) is 0.503. The molecule has 92 valence electrons. The summed E-state index contributed by atoms with van der Waals surface area (Å²) < 4.78 is 13.9. The summed E-state index contributed by atoms with van der Waals surface area (Å²) in [7, 11) is 0. The summed E-state index contributed by atoms with van der Waals surface area (Å²) in [5.74, 6) is -0.158. The molecule has 0 spiro atoms. The van der Waals surface area contributed by atoms with Gasteiger partial charge in [0.2, 0.25) is 0 Å². The first-order chi connectivity index (χ1) is 8.16. The largest absolute Gasteiger partial charge is 0.294 e. The highest BCUT2D eigenvalue weighted by molar-refractivity contribution is 9.10. The van der Waals surface area contributed by atoms with E-state index in [1.165, 1.54) is 25.0 Å². The molecule has 0 heterocycles. The molecule has 2 rings (SSSR count). The first-order valence-corrected chi connectivity index (χ1v) is 6.96. The van der Waals surface area contributed by atoms with Gasteiger partial charge in [-0.05, 0) is 31.0 Å². The molecule has 1 aromatic rings. The van der Waals surface area contributed by atoms with Crippen molar-refractivity contribution in [1.82, 2.24) is 0 Å². The lowest BCUT2D eigenvalue weighted by Crippen LogP contribution is -2.14. The van der Waals surface area contributed by atoms with E-state index in [2.05, 4.69) is 15.9 Å². The van der Waals surface area contributed by atoms with Crippen molar-refractivity contribution in [2.45, 2.75) is 38.5 Å². The molecule has 1 aliphatic rings. The van der Waals surface area contributed by atoms with Gasteiger partial charge in [0.1, 0.15) is 5.82 Å². The van der Waals surface area contributed by atoms with Gasteiger partial charge in [-0.15, -0.1) is 0 Å². The fourth-order valence-electron chi connectivity index (χ4n) is 2.47. The van der Waals surface area contributed by atoms with Crippen molar-refractivity contribution < 1.29 is 9.18 Å². The highest BCUT2D eigenvalue weighted by atomic mass is 79.9. The molecule has 0 unspecified atom stereocenters. The Hall–Kier alpha value is -0.700. The number of carbonyl (C=O) groups is 1. The van der Waals surface area contributed by atoms with E-state index in [1.54, 1.807) is 6.07 Å². The molecule has 1 saturated carbocycles. The molecule has 3 heteroatoms. The Labute approximate surface area is 110 Å². The smallest absolute Gasteiger partial charge is 0.166 e. The summed E-state index contributed by atoms with van der Waals surface area (Å²) in [6.45, 7) is 0. The Balaban J connectivity index is 2.17. The maximum absolute atomic E-state index is 13.3. The fraction of sp³-hybridized carbons (Fsp3) is 0.500. The van der Waals surface area contributed by atoms with Crippen molar-refractivity contribution >= 4 is 21.7 Å². The first kappa shape index (κ1) is 12.7. The number of benzene rings is 1. The van der Waals surface area contributed by atoms with Gasteiger partial charge >= 0.3 is 0 Å². The maximum atomic E-state index is 13.3. The Kier molecular flexibility index (Phi) is 4.32. The molecule has 1 fully saturated rings. The molecule has 0 amide bonds. The van der Waals surface area contributed by atoms with Crippen LogP contribution in [0.25, 0.3) is 0 Å². The number of rotatable bonds is 2. The van der Waals surface area contributed by atoms with Gasteiger partial charge in [-0.1, -0.05) is 41.6 Å². The van der Waals surface area contributed by atoms with Crippen LogP contribution in [0.1, 0.15) is 48.9 Å². The molecule has 1 aromatic carbocycles. The predicted octanol–water partition coefficient (Wildman–Crippen LogP) is 4.74. The number of ketones is 1. The minimum atomic E-state index is -0.351. The SMILES string of the molecule is O=C(c1cc(F)cc(Br)c1)C1CCCCCC1. The van der Waals surface area contributed by atoms with E-state index in [4.69, 9.17) is 0 Å². The molecule has 0 aromatic heterocycles. The standard InChI is InChI=1S/C14H16BrFO/c15-12-7-11(8-13(16)9-12)14(17)10-5-3-1-2-4-6-10/h7-10H,1-6H2. The molecule has 0 saturated heterocycles. The Bertz CT molecular complexity index is 388. The lowest BCUT2D eigenvalue weighted by Gasteiger charge is -2.12. The quantitative estimate of drug-likeness (QED) is 0.569. The van der Waals surface area contributed by atoms with Crippen LogP contribution in [-0.2, 0) is 0 Å². The summed E-state index contributed by atoms with van der Waals surface area (Å²) in [6, 6.07) is 4.44. The Morgan fingerprint density at radius 1 is 1.12 bits per heavy atom. The van der Waals surface area contributed by atoms with Gasteiger partial charge in [0, 0.05) is 16.0 Å². The molecule has 0 atom stereocenters. The summed E-state index contributed by atoms with van der Waals surface area (Å²) in [6.07, 6.45) is 6.58. The van der Waals surface area contributed by atoms with Crippen molar-refractivity contribution in [2.24, 2.45) is 5.92 Å². The topological polar surface area (TPSA) is 17.1 Å². The van der Waals surface area contributed by atoms with E-state index in [1.807, 2.05) is 0 Å². The molecule has 0 aliphatic heterocycles. The van der Waals surface area contributed by atoms with Crippen LogP contribution in [0.5, 0.6) is 0 Å². The van der Waals surface area contributed by atoms with Crippen LogP contribution < -0.4 is 0 Å². The van der Waals surface area contributed by atoms with Gasteiger partial charge in [0.15, 0.2) is 5.78 Å². The third kappa shape index (κ3) is 3.38. The normalized spacial score (nSPS) is 17.8. The zero-order chi connectivity index (χ0) is 12.3. The lowest BCUT2D eigenvalue weighted by atomic mass is 9.91. The third-order valence-corrected chi connectivity index (χ3v) is 3.83. The molecular weight excluding hydrogens is 283 g/mol. The maximum Gasteiger partial charge on any atom is 0.166 e. The third-order valence-electron chi connectivity index (χ3n) is 3.37. The minimum Gasteiger partial charge on any atom is -0.294 e. The van der Waals surface area contributed by atoms with Crippen LogP contribution in [0.2, 0.25) is 0 Å². The van der Waals surface area contributed by atoms with Crippen LogP contribution in [0, 0.1) is 11.7 Å². The minimum absolute atomic E-state index is 0.0891. The number of Topliss-reactive ketones (excluding diaryl/α,β-unsaturated/α-hetero) is 1. The van der Waals surface area contributed by atoms with E-state index in [0.717, 1.165) is 25.7 Å². The van der Waals surface area contributed by atoms with Gasteiger partial charge in [0.25, 0.3) is 0 Å². The van der Waals surface area contributed by atoms with Crippen LogP contribution in [0.3, 0.4) is 0 Å². The monoisotopic (exact) mass is 298 g/mol. The van der Waals surface area contributed by atoms with E-state index in [9.17, 15) is 9.18 Å². The van der Waals surface area contributed by atoms with Crippen molar-refractivity contribution in [3.63, 3.8) is 0 Å². The van der Waals surface area contributed by atoms with Crippen LogP contribution in [-0.4, -0.2) is 5.78 Å². The molecule has 1 aliphatic carbocycles. The lowest BCUT2D eigenvalue weighted by molar-refractivity contribution is 0.0907. The van der Waals surface area contributed by atoms with Crippen LogP contribution in [0.4, 0.5) is 4.39 Å². The van der Waals surface area contributed by atoms with Crippen LogP contribution in [0.15, 0.2) is 22.7 Å². The number of hydrogen-bond acceptors (Lipinski definition) is 1. The first-order valence-electron chi connectivity index (χ1n) is 6.17. The van der Waals surface area contributed by atoms with E-state index in [-0.39, 0.29) is 17.5 Å². The van der Waals surface area contributed by atoms with Crippen molar-refractivity contribution in [2.75, 3.05) is 0 Å². The van der Waals surface area contributed by atoms with Crippen molar-refractivity contribution in [3.8, 4) is 0 Å². The van der Waals surface area contributed by atoms with Crippen LogP contribution >= 0.6 is 15.9 Å². The predicted molar refractivity (Wildman–Crippen MR) is 69.6 cm³/mol. The molecule has 0 bridgehead atoms. The van der Waals surface area contributed by atoms with Gasteiger partial charge in [-0.25, -0.2) is 4.39 Å². The number of halogens is 2. The summed E-state index contributed by atoms with van der Waals surface area (Å²) in [4.78, 5) is 12.3. The van der Waals surface area contributed by atoms with E-state index < -0.39 is 0 Å². The van der Waals surface area contributed by atoms with E-state index >= 15 is 0 Å². The number of hydrogen-bond donors (Lipinski definition) is 0. The number of carbonyl (C=O) groups excluding carboxylic acids is 1. The van der Waals surface area contributed by atoms with Gasteiger partial charge < -0.3 is 0 Å².